The number of hydrogen-bond donors (Lipinski definition) is 1. The molecule has 4 rings (SSSR count). The minimum atomic E-state index is -0.809. The van der Waals surface area contributed by atoms with Crippen LogP contribution in [0.1, 0.15) is 5.56 Å². The van der Waals surface area contributed by atoms with Crippen molar-refractivity contribution in [1.82, 2.24) is 5.25 Å². The van der Waals surface area contributed by atoms with Gasteiger partial charge in [-0.3, -0.25) is 0 Å². The van der Waals surface area contributed by atoms with E-state index >= 15 is 0 Å². The van der Waals surface area contributed by atoms with Gasteiger partial charge in [0.25, 0.3) is 0 Å². The van der Waals surface area contributed by atoms with Gasteiger partial charge in [-0.05, 0) is 57.3 Å². The minimum Gasteiger partial charge on any atom is -0.399 e. The van der Waals surface area contributed by atoms with E-state index in [1.54, 1.807) is 0 Å². The Labute approximate surface area is 116 Å². The molecule has 3 aromatic carbocycles. The molecule has 1 unspecified atom stereocenters. The molecule has 0 spiro atoms. The first-order valence-corrected chi connectivity index (χ1v) is 8.43. The van der Waals surface area contributed by atoms with E-state index in [-0.39, 0.29) is 0 Å². The van der Waals surface area contributed by atoms with Crippen molar-refractivity contribution in [2.75, 3.05) is 0 Å². The molecule has 1 aliphatic rings. The Balaban J connectivity index is 2.17. The Morgan fingerprint density at radius 2 is 1.74 bits per heavy atom. The molecule has 0 fully saturated rings. The Kier molecular flexibility index (Phi) is 2.46. The van der Waals surface area contributed by atoms with Crippen molar-refractivity contribution in [2.45, 2.75) is 0 Å². The summed E-state index contributed by atoms with van der Waals surface area (Å²) >= 11 is 5.30. The third-order valence-corrected chi connectivity index (χ3v) is 4.68. The molecular formula is C15H10NOPS. The van der Waals surface area contributed by atoms with Crippen LogP contribution in [0, 0.1) is 0 Å². The predicted molar refractivity (Wildman–Crippen MR) is 84.7 cm³/mol. The van der Waals surface area contributed by atoms with Gasteiger partial charge in [-0.25, -0.2) is 0 Å². The van der Waals surface area contributed by atoms with Gasteiger partial charge in [-0.1, -0.05) is 30.3 Å². The summed E-state index contributed by atoms with van der Waals surface area (Å²) in [5.74, 6) is 2.95. The summed E-state index contributed by atoms with van der Waals surface area (Å²) in [5, 5.41) is 7.78. The number of hydrogen-bond acceptors (Lipinski definition) is 2. The molecule has 0 saturated carbocycles. The lowest BCUT2D eigenvalue weighted by atomic mass is 10.00. The highest BCUT2D eigenvalue weighted by molar-refractivity contribution is 8.03. The molecule has 1 N–H and O–H groups in total. The van der Waals surface area contributed by atoms with Gasteiger partial charge in [0.15, 0.2) is 5.75 Å². The first-order valence-electron chi connectivity index (χ1n) is 6.00. The van der Waals surface area contributed by atoms with E-state index in [2.05, 4.69) is 53.5 Å². The lowest BCUT2D eigenvalue weighted by Crippen LogP contribution is -2.12. The van der Waals surface area contributed by atoms with Gasteiger partial charge in [0.1, 0.15) is 0 Å². The molecule has 0 aliphatic carbocycles. The van der Waals surface area contributed by atoms with Crippen LogP contribution in [0.4, 0.5) is 0 Å². The van der Waals surface area contributed by atoms with E-state index in [4.69, 9.17) is 16.6 Å². The van der Waals surface area contributed by atoms with E-state index in [1.807, 2.05) is 6.07 Å². The molecule has 0 radical (unpaired) electrons. The fourth-order valence-corrected chi connectivity index (χ4v) is 3.65. The molecule has 0 aromatic heterocycles. The van der Waals surface area contributed by atoms with Crippen LogP contribution in [0.15, 0.2) is 48.5 Å². The van der Waals surface area contributed by atoms with Crippen molar-refractivity contribution in [3.63, 3.8) is 0 Å². The van der Waals surface area contributed by atoms with Crippen LogP contribution in [0.5, 0.6) is 5.75 Å². The van der Waals surface area contributed by atoms with Gasteiger partial charge in [0, 0.05) is 5.56 Å². The Bertz CT molecular complexity index is 897. The first kappa shape index (κ1) is 11.2. The third kappa shape index (κ3) is 1.79. The van der Waals surface area contributed by atoms with Gasteiger partial charge in [-0.15, -0.1) is 5.25 Å². The van der Waals surface area contributed by atoms with Gasteiger partial charge in [0.05, 0.1) is 6.47 Å². The van der Waals surface area contributed by atoms with E-state index in [0.717, 1.165) is 11.3 Å². The quantitative estimate of drug-likeness (QED) is 0.499. The molecule has 92 valence electrons. The highest BCUT2D eigenvalue weighted by Gasteiger charge is 2.11. The first-order chi connectivity index (χ1) is 9.31. The highest BCUT2D eigenvalue weighted by atomic mass is 32.4. The SMILES string of the molecule is S=P1=Cc2c(ccc3cc4ccccc4cc23)ON1. The van der Waals surface area contributed by atoms with Crippen LogP contribution in [0.25, 0.3) is 21.5 Å². The van der Waals surface area contributed by atoms with Gasteiger partial charge in [-0.2, -0.15) is 0 Å². The summed E-state index contributed by atoms with van der Waals surface area (Å²) in [6.45, 7) is -0.809. The number of benzene rings is 3. The van der Waals surface area contributed by atoms with E-state index in [9.17, 15) is 0 Å². The zero-order chi connectivity index (χ0) is 12.8. The predicted octanol–water partition coefficient (Wildman–Crippen LogP) is 3.90. The number of nitrogens with one attached hydrogen (secondary N) is 1. The van der Waals surface area contributed by atoms with Crippen LogP contribution in [0.2, 0.25) is 0 Å². The molecule has 1 atom stereocenters. The molecule has 2 nitrogen and oxygen atoms in total. The zero-order valence-electron chi connectivity index (χ0n) is 9.96. The zero-order valence-corrected chi connectivity index (χ0v) is 11.7. The van der Waals surface area contributed by atoms with Crippen molar-refractivity contribution < 1.29 is 4.84 Å². The topological polar surface area (TPSA) is 21.3 Å². The van der Waals surface area contributed by atoms with Crippen molar-refractivity contribution >= 4 is 45.6 Å². The lowest BCUT2D eigenvalue weighted by Gasteiger charge is -2.15. The second-order valence-corrected chi connectivity index (χ2v) is 6.82. The molecule has 3 aromatic rings. The maximum Gasteiger partial charge on any atom is 0.156 e. The molecule has 4 heteroatoms. The van der Waals surface area contributed by atoms with Crippen LogP contribution >= 0.6 is 6.47 Å². The molecule has 1 heterocycles. The summed E-state index contributed by atoms with van der Waals surface area (Å²) in [5.41, 5.74) is 1.11. The van der Waals surface area contributed by atoms with Crippen molar-refractivity contribution in [1.29, 1.82) is 0 Å². The third-order valence-electron chi connectivity index (χ3n) is 3.38. The Morgan fingerprint density at radius 3 is 2.58 bits per heavy atom. The van der Waals surface area contributed by atoms with Crippen LogP contribution < -0.4 is 10.1 Å². The largest absolute Gasteiger partial charge is 0.399 e. The monoisotopic (exact) mass is 283 g/mol. The van der Waals surface area contributed by atoms with Gasteiger partial charge >= 0.3 is 0 Å². The summed E-state index contributed by atoms with van der Waals surface area (Å²) in [6, 6.07) is 16.9. The normalized spacial score (nSPS) is 15.9. The van der Waals surface area contributed by atoms with Gasteiger partial charge in [0.2, 0.25) is 0 Å². The van der Waals surface area contributed by atoms with Crippen LogP contribution in [-0.4, -0.2) is 5.80 Å². The molecular weight excluding hydrogens is 273 g/mol. The van der Waals surface area contributed by atoms with Crippen LogP contribution in [-0.2, 0) is 11.8 Å². The fraction of sp³-hybridized carbons (Fsp3) is 0. The average Bonchev–Trinajstić information content (AvgIpc) is 2.45. The standard InChI is InChI=1S/C15H10NOPS/c19-18-9-14-13-8-11-4-2-1-3-10(11)7-12(13)5-6-15(14)17-16-18/h1-9,16H. The maximum atomic E-state index is 5.50. The summed E-state index contributed by atoms with van der Waals surface area (Å²) in [6.07, 6.45) is 0. The molecule has 0 bridgehead atoms. The Hall–Kier alpha value is -1.67. The maximum absolute atomic E-state index is 5.50. The van der Waals surface area contributed by atoms with E-state index in [0.29, 0.717) is 0 Å². The average molecular weight is 283 g/mol. The number of fused-ring (bicyclic) bond motifs is 4. The Morgan fingerprint density at radius 1 is 0.947 bits per heavy atom. The van der Waals surface area contributed by atoms with E-state index in [1.165, 1.54) is 21.5 Å². The molecule has 1 aliphatic heterocycles. The summed E-state index contributed by atoms with van der Waals surface area (Å²) in [7, 11) is 0. The minimum absolute atomic E-state index is 0.809. The fourth-order valence-electron chi connectivity index (χ4n) is 2.48. The molecule has 0 saturated heterocycles. The van der Waals surface area contributed by atoms with Crippen molar-refractivity contribution in [3.8, 4) is 5.75 Å². The second kappa shape index (κ2) is 4.17. The molecule has 19 heavy (non-hydrogen) atoms. The summed E-state index contributed by atoms with van der Waals surface area (Å²) < 4.78 is 0. The van der Waals surface area contributed by atoms with Crippen molar-refractivity contribution in [2.24, 2.45) is 0 Å². The second-order valence-electron chi connectivity index (χ2n) is 4.55. The van der Waals surface area contributed by atoms with E-state index < -0.39 is 6.47 Å². The van der Waals surface area contributed by atoms with Crippen LogP contribution in [0.3, 0.4) is 0 Å². The van der Waals surface area contributed by atoms with Crippen molar-refractivity contribution in [3.05, 3.63) is 54.1 Å². The smallest absolute Gasteiger partial charge is 0.156 e. The molecule has 0 amide bonds. The highest BCUT2D eigenvalue weighted by Crippen LogP contribution is 2.33. The number of rotatable bonds is 0. The lowest BCUT2D eigenvalue weighted by molar-refractivity contribution is 0.282. The van der Waals surface area contributed by atoms with Gasteiger partial charge < -0.3 is 4.84 Å². The summed E-state index contributed by atoms with van der Waals surface area (Å²) in [4.78, 5) is 5.50.